The molecule has 0 saturated heterocycles. The average molecular weight is 276 g/mol. The average Bonchev–Trinajstić information content (AvgIpc) is 2.34. The minimum Gasteiger partial charge on any atom is -0.336 e. The van der Waals surface area contributed by atoms with Gasteiger partial charge < -0.3 is 10.2 Å². The lowest BCUT2D eigenvalue weighted by Gasteiger charge is -2.18. The van der Waals surface area contributed by atoms with Crippen molar-refractivity contribution in [2.24, 2.45) is 0 Å². The Morgan fingerprint density at radius 2 is 1.70 bits per heavy atom. The van der Waals surface area contributed by atoms with Crippen LogP contribution in [0.3, 0.4) is 0 Å². The van der Waals surface area contributed by atoms with Gasteiger partial charge in [0, 0.05) is 19.2 Å². The maximum atomic E-state index is 12.0. The van der Waals surface area contributed by atoms with Gasteiger partial charge in [-0.1, -0.05) is 24.6 Å². The number of carbonyl (C=O) groups excluding carboxylic acids is 2. The molecule has 0 atom stereocenters. The van der Waals surface area contributed by atoms with Crippen molar-refractivity contribution in [3.8, 4) is 0 Å². The molecule has 0 aliphatic rings. The highest BCUT2D eigenvalue weighted by Gasteiger charge is 2.13. The SMILES string of the molecule is CCCC(=O)N(C)CC(=O)Nc1c(C)cc(C)cc1C. The number of hydrogen-bond donors (Lipinski definition) is 1. The van der Waals surface area contributed by atoms with Crippen molar-refractivity contribution < 1.29 is 9.59 Å². The lowest BCUT2D eigenvalue weighted by atomic mass is 10.1. The molecule has 0 heterocycles. The number of carbonyl (C=O) groups is 2. The molecule has 0 spiro atoms. The zero-order chi connectivity index (χ0) is 15.3. The van der Waals surface area contributed by atoms with Gasteiger partial charge in [-0.05, 0) is 38.3 Å². The summed E-state index contributed by atoms with van der Waals surface area (Å²) in [5, 5.41) is 2.90. The molecule has 0 radical (unpaired) electrons. The second kappa shape index (κ2) is 7.08. The van der Waals surface area contributed by atoms with Crippen molar-refractivity contribution in [2.45, 2.75) is 40.5 Å². The molecule has 0 aromatic heterocycles. The van der Waals surface area contributed by atoms with Crippen molar-refractivity contribution in [1.29, 1.82) is 0 Å². The lowest BCUT2D eigenvalue weighted by molar-refractivity contribution is -0.133. The van der Waals surface area contributed by atoms with Gasteiger partial charge in [0.25, 0.3) is 0 Å². The molecule has 110 valence electrons. The van der Waals surface area contributed by atoms with Crippen LogP contribution in [0.25, 0.3) is 0 Å². The number of rotatable bonds is 5. The number of aryl methyl sites for hydroxylation is 3. The molecule has 4 heteroatoms. The quantitative estimate of drug-likeness (QED) is 0.899. The van der Waals surface area contributed by atoms with Gasteiger partial charge in [0.1, 0.15) is 0 Å². The molecule has 4 nitrogen and oxygen atoms in total. The summed E-state index contributed by atoms with van der Waals surface area (Å²) < 4.78 is 0. The Hall–Kier alpha value is -1.84. The summed E-state index contributed by atoms with van der Waals surface area (Å²) in [6, 6.07) is 4.07. The van der Waals surface area contributed by atoms with Crippen LogP contribution in [0.1, 0.15) is 36.5 Å². The molecule has 1 aromatic rings. The summed E-state index contributed by atoms with van der Waals surface area (Å²) in [5.74, 6) is -0.160. The summed E-state index contributed by atoms with van der Waals surface area (Å²) in [7, 11) is 1.66. The normalized spacial score (nSPS) is 10.2. The fraction of sp³-hybridized carbons (Fsp3) is 0.500. The van der Waals surface area contributed by atoms with Crippen molar-refractivity contribution in [3.05, 3.63) is 28.8 Å². The minimum atomic E-state index is -0.160. The second-order valence-electron chi connectivity index (χ2n) is 5.32. The summed E-state index contributed by atoms with van der Waals surface area (Å²) in [6.45, 7) is 8.02. The Labute approximate surface area is 121 Å². The molecule has 0 aliphatic carbocycles. The van der Waals surface area contributed by atoms with Crippen molar-refractivity contribution in [2.75, 3.05) is 18.9 Å². The number of amides is 2. The summed E-state index contributed by atoms with van der Waals surface area (Å²) in [4.78, 5) is 25.1. The number of hydrogen-bond acceptors (Lipinski definition) is 2. The Balaban J connectivity index is 2.70. The standard InChI is InChI=1S/C16H24N2O2/c1-6-7-15(20)18(5)10-14(19)17-16-12(3)8-11(2)9-13(16)4/h8-9H,6-7,10H2,1-5H3,(H,17,19). The van der Waals surface area contributed by atoms with E-state index in [9.17, 15) is 9.59 Å². The highest BCUT2D eigenvalue weighted by molar-refractivity contribution is 5.95. The van der Waals surface area contributed by atoms with Gasteiger partial charge in [-0.2, -0.15) is 0 Å². The fourth-order valence-electron chi connectivity index (χ4n) is 2.26. The molecule has 0 saturated carbocycles. The molecule has 1 aromatic carbocycles. The van der Waals surface area contributed by atoms with E-state index >= 15 is 0 Å². The van der Waals surface area contributed by atoms with E-state index in [1.165, 1.54) is 10.5 Å². The number of nitrogens with one attached hydrogen (secondary N) is 1. The van der Waals surface area contributed by atoms with Gasteiger partial charge in [0.2, 0.25) is 11.8 Å². The number of likely N-dealkylation sites (N-methyl/N-ethyl adjacent to an activating group) is 1. The Kier molecular flexibility index (Phi) is 5.74. The molecular weight excluding hydrogens is 252 g/mol. The molecule has 20 heavy (non-hydrogen) atoms. The maximum absolute atomic E-state index is 12.0. The van der Waals surface area contributed by atoms with Crippen LogP contribution in [-0.4, -0.2) is 30.3 Å². The number of anilines is 1. The van der Waals surface area contributed by atoms with E-state index in [2.05, 4.69) is 5.32 Å². The van der Waals surface area contributed by atoms with E-state index in [0.29, 0.717) is 6.42 Å². The van der Waals surface area contributed by atoms with Crippen LogP contribution in [0.15, 0.2) is 12.1 Å². The van der Waals surface area contributed by atoms with Crippen molar-refractivity contribution in [1.82, 2.24) is 4.90 Å². The minimum absolute atomic E-state index is 0.000000000000000444. The Morgan fingerprint density at radius 1 is 1.15 bits per heavy atom. The summed E-state index contributed by atoms with van der Waals surface area (Å²) >= 11 is 0. The van der Waals surface area contributed by atoms with E-state index in [1.54, 1.807) is 7.05 Å². The summed E-state index contributed by atoms with van der Waals surface area (Å²) in [5.41, 5.74) is 4.10. The maximum Gasteiger partial charge on any atom is 0.243 e. The first-order valence-electron chi connectivity index (χ1n) is 6.96. The van der Waals surface area contributed by atoms with Gasteiger partial charge in [0.15, 0.2) is 0 Å². The van der Waals surface area contributed by atoms with Gasteiger partial charge in [-0.25, -0.2) is 0 Å². The van der Waals surface area contributed by atoms with E-state index in [1.807, 2.05) is 39.8 Å². The number of nitrogens with zero attached hydrogens (tertiary/aromatic N) is 1. The molecule has 1 rings (SSSR count). The zero-order valence-corrected chi connectivity index (χ0v) is 13.0. The topological polar surface area (TPSA) is 49.4 Å². The first-order valence-corrected chi connectivity index (χ1v) is 6.96. The van der Waals surface area contributed by atoms with Crippen molar-refractivity contribution in [3.63, 3.8) is 0 Å². The highest BCUT2D eigenvalue weighted by atomic mass is 16.2. The monoisotopic (exact) mass is 276 g/mol. The third-order valence-corrected chi connectivity index (χ3v) is 3.21. The van der Waals surface area contributed by atoms with E-state index in [-0.39, 0.29) is 18.4 Å². The predicted molar refractivity (Wildman–Crippen MR) is 81.8 cm³/mol. The van der Waals surface area contributed by atoms with E-state index in [4.69, 9.17) is 0 Å². The molecule has 1 N–H and O–H groups in total. The molecular formula is C16H24N2O2. The van der Waals surface area contributed by atoms with E-state index in [0.717, 1.165) is 23.2 Å². The third-order valence-electron chi connectivity index (χ3n) is 3.21. The van der Waals surface area contributed by atoms with Gasteiger partial charge >= 0.3 is 0 Å². The number of benzene rings is 1. The van der Waals surface area contributed by atoms with Crippen LogP contribution >= 0.6 is 0 Å². The molecule has 0 aliphatic heterocycles. The van der Waals surface area contributed by atoms with E-state index < -0.39 is 0 Å². The summed E-state index contributed by atoms with van der Waals surface area (Å²) in [6.07, 6.45) is 1.27. The highest BCUT2D eigenvalue weighted by Crippen LogP contribution is 2.21. The first-order chi connectivity index (χ1) is 9.35. The predicted octanol–water partition coefficient (Wildman–Crippen LogP) is 2.81. The zero-order valence-electron chi connectivity index (χ0n) is 13.0. The van der Waals surface area contributed by atoms with Crippen LogP contribution in [0, 0.1) is 20.8 Å². The first kappa shape index (κ1) is 16.2. The van der Waals surface area contributed by atoms with Crippen LogP contribution in [0.2, 0.25) is 0 Å². The van der Waals surface area contributed by atoms with Crippen LogP contribution in [0.4, 0.5) is 5.69 Å². The smallest absolute Gasteiger partial charge is 0.243 e. The molecule has 2 amide bonds. The largest absolute Gasteiger partial charge is 0.336 e. The van der Waals surface area contributed by atoms with Crippen LogP contribution in [-0.2, 0) is 9.59 Å². The Bertz CT molecular complexity index is 486. The van der Waals surface area contributed by atoms with Gasteiger partial charge in [0.05, 0.1) is 6.54 Å². The van der Waals surface area contributed by atoms with Crippen LogP contribution < -0.4 is 5.32 Å². The van der Waals surface area contributed by atoms with Gasteiger partial charge in [-0.15, -0.1) is 0 Å². The lowest BCUT2D eigenvalue weighted by Crippen LogP contribution is -2.34. The van der Waals surface area contributed by atoms with Crippen LogP contribution in [0.5, 0.6) is 0 Å². The van der Waals surface area contributed by atoms with Crippen molar-refractivity contribution >= 4 is 17.5 Å². The molecule has 0 bridgehead atoms. The molecule has 0 fully saturated rings. The Morgan fingerprint density at radius 3 is 2.20 bits per heavy atom. The second-order valence-corrected chi connectivity index (χ2v) is 5.32. The molecule has 0 unspecified atom stereocenters. The van der Waals surface area contributed by atoms with Gasteiger partial charge in [-0.3, -0.25) is 9.59 Å². The fourth-order valence-corrected chi connectivity index (χ4v) is 2.26. The third kappa shape index (κ3) is 4.37.